The quantitative estimate of drug-likeness (QED) is 0.747. The van der Waals surface area contributed by atoms with Crippen LogP contribution < -0.4 is 10.6 Å². The van der Waals surface area contributed by atoms with Crippen molar-refractivity contribution in [1.29, 1.82) is 0 Å². The van der Waals surface area contributed by atoms with Gasteiger partial charge in [0.15, 0.2) is 0 Å². The molecule has 2 aromatic rings. The summed E-state index contributed by atoms with van der Waals surface area (Å²) in [5.74, 6) is 0.659. The van der Waals surface area contributed by atoms with E-state index in [1.165, 1.54) is 0 Å². The molecule has 120 valence electrons. The number of nitrogens with one attached hydrogen (secondary N) is 2. The second kappa shape index (κ2) is 7.49. The van der Waals surface area contributed by atoms with Gasteiger partial charge in [-0.15, -0.1) is 11.8 Å². The average Bonchev–Trinajstić information content (AvgIpc) is 2.98. The monoisotopic (exact) mass is 366 g/mol. The number of halogens is 2. The first-order valence-electron chi connectivity index (χ1n) is 7.19. The predicted octanol–water partition coefficient (Wildman–Crippen LogP) is 4.02. The molecule has 23 heavy (non-hydrogen) atoms. The van der Waals surface area contributed by atoms with E-state index in [0.717, 1.165) is 22.5 Å². The minimum Gasteiger partial charge on any atom is -0.396 e. The molecule has 0 bridgehead atoms. The summed E-state index contributed by atoms with van der Waals surface area (Å²) >= 11 is 13.6. The third-order valence-electron chi connectivity index (χ3n) is 3.44. The van der Waals surface area contributed by atoms with Crippen molar-refractivity contribution in [1.82, 2.24) is 10.6 Å². The van der Waals surface area contributed by atoms with E-state index in [2.05, 4.69) is 10.6 Å². The van der Waals surface area contributed by atoms with Crippen LogP contribution in [0.25, 0.3) is 11.4 Å². The Morgan fingerprint density at radius 3 is 1.65 bits per heavy atom. The van der Waals surface area contributed by atoms with E-state index >= 15 is 0 Å². The minimum absolute atomic E-state index is 0.0125. The SMILES string of the molecule is OCCSC1NC(c2ccc(Cl)cc2)=C(c2ccc(Cl)cc2)N1. The maximum Gasteiger partial charge on any atom is 0.146 e. The highest BCUT2D eigenvalue weighted by atomic mass is 35.5. The zero-order chi connectivity index (χ0) is 16.2. The fourth-order valence-corrected chi connectivity index (χ4v) is 3.38. The maximum absolute atomic E-state index is 9.03. The van der Waals surface area contributed by atoms with Crippen LogP contribution in [0.3, 0.4) is 0 Å². The van der Waals surface area contributed by atoms with Crippen LogP contribution in [-0.4, -0.2) is 23.0 Å². The van der Waals surface area contributed by atoms with Gasteiger partial charge >= 0.3 is 0 Å². The van der Waals surface area contributed by atoms with Crippen LogP contribution in [-0.2, 0) is 0 Å². The summed E-state index contributed by atoms with van der Waals surface area (Å²) in [4.78, 5) is 0. The Bertz CT molecular complexity index is 644. The number of rotatable bonds is 5. The van der Waals surface area contributed by atoms with Gasteiger partial charge in [0.2, 0.25) is 0 Å². The Morgan fingerprint density at radius 2 is 1.26 bits per heavy atom. The Balaban J connectivity index is 1.95. The Kier molecular flexibility index (Phi) is 5.38. The highest BCUT2D eigenvalue weighted by Crippen LogP contribution is 2.31. The van der Waals surface area contributed by atoms with Gasteiger partial charge in [-0.25, -0.2) is 0 Å². The third kappa shape index (κ3) is 3.96. The maximum atomic E-state index is 9.03. The molecule has 0 unspecified atom stereocenters. The molecular formula is C17H16Cl2N2OS. The van der Waals surface area contributed by atoms with E-state index in [-0.39, 0.29) is 12.1 Å². The molecule has 0 saturated carbocycles. The lowest BCUT2D eigenvalue weighted by molar-refractivity contribution is 0.322. The molecular weight excluding hydrogens is 351 g/mol. The third-order valence-corrected chi connectivity index (χ3v) is 4.93. The Labute approximate surface area is 149 Å². The molecule has 0 amide bonds. The van der Waals surface area contributed by atoms with Gasteiger partial charge in [-0.2, -0.15) is 0 Å². The summed E-state index contributed by atoms with van der Waals surface area (Å²) in [7, 11) is 0. The molecule has 1 aliphatic rings. The molecule has 0 aromatic heterocycles. The first kappa shape index (κ1) is 16.5. The first-order chi connectivity index (χ1) is 11.2. The van der Waals surface area contributed by atoms with Crippen molar-refractivity contribution < 1.29 is 5.11 Å². The molecule has 0 atom stereocenters. The van der Waals surface area contributed by atoms with Crippen LogP contribution >= 0.6 is 35.0 Å². The molecule has 0 aliphatic carbocycles. The van der Waals surface area contributed by atoms with Crippen molar-refractivity contribution in [3.05, 3.63) is 69.7 Å². The fraction of sp³-hybridized carbons (Fsp3) is 0.176. The molecule has 0 saturated heterocycles. The summed E-state index contributed by atoms with van der Waals surface area (Å²) in [5, 5.41) is 17.4. The van der Waals surface area contributed by atoms with Crippen molar-refractivity contribution in [2.45, 2.75) is 5.50 Å². The van der Waals surface area contributed by atoms with Crippen LogP contribution in [0.5, 0.6) is 0 Å². The van der Waals surface area contributed by atoms with Crippen LogP contribution in [0, 0.1) is 0 Å². The van der Waals surface area contributed by atoms with Crippen LogP contribution in [0.4, 0.5) is 0 Å². The predicted molar refractivity (Wildman–Crippen MR) is 99.3 cm³/mol. The van der Waals surface area contributed by atoms with Gasteiger partial charge in [-0.05, 0) is 35.4 Å². The summed E-state index contributed by atoms with van der Waals surface area (Å²) in [6, 6.07) is 15.4. The molecule has 3 N–H and O–H groups in total. The van der Waals surface area contributed by atoms with E-state index in [9.17, 15) is 0 Å². The van der Waals surface area contributed by atoms with Gasteiger partial charge < -0.3 is 15.7 Å². The zero-order valence-electron chi connectivity index (χ0n) is 12.2. The number of aliphatic hydroxyl groups excluding tert-OH is 1. The number of hydrogen-bond acceptors (Lipinski definition) is 4. The van der Waals surface area contributed by atoms with Gasteiger partial charge in [0.1, 0.15) is 5.50 Å². The fourth-order valence-electron chi connectivity index (χ4n) is 2.38. The summed E-state index contributed by atoms with van der Waals surface area (Å²) in [6.45, 7) is 0.150. The average molecular weight is 367 g/mol. The molecule has 0 spiro atoms. The second-order valence-corrected chi connectivity index (χ2v) is 7.11. The van der Waals surface area contributed by atoms with Crippen LogP contribution in [0.2, 0.25) is 10.0 Å². The van der Waals surface area contributed by atoms with Crippen LogP contribution in [0.1, 0.15) is 11.1 Å². The largest absolute Gasteiger partial charge is 0.396 e. The molecule has 3 nitrogen and oxygen atoms in total. The van der Waals surface area contributed by atoms with E-state index in [1.54, 1.807) is 11.8 Å². The highest BCUT2D eigenvalue weighted by molar-refractivity contribution is 7.99. The first-order valence-corrected chi connectivity index (χ1v) is 8.99. The van der Waals surface area contributed by atoms with E-state index < -0.39 is 0 Å². The number of hydrogen-bond donors (Lipinski definition) is 3. The standard InChI is InChI=1S/C17H16Cl2N2OS/c18-13-5-1-11(2-6-13)15-16(12-3-7-14(19)8-4-12)21-17(20-15)23-10-9-22/h1-8,17,20-22H,9-10H2. The van der Waals surface area contributed by atoms with E-state index in [4.69, 9.17) is 28.3 Å². The van der Waals surface area contributed by atoms with Crippen molar-refractivity contribution in [3.63, 3.8) is 0 Å². The molecule has 2 aromatic carbocycles. The lowest BCUT2D eigenvalue weighted by atomic mass is 10.1. The van der Waals surface area contributed by atoms with Gasteiger partial charge in [0, 0.05) is 15.8 Å². The molecule has 1 heterocycles. The molecule has 0 fully saturated rings. The van der Waals surface area contributed by atoms with Crippen molar-refractivity contribution in [2.24, 2.45) is 0 Å². The molecule has 3 rings (SSSR count). The minimum atomic E-state index is 0.0125. The highest BCUT2D eigenvalue weighted by Gasteiger charge is 2.24. The summed E-state index contributed by atoms with van der Waals surface area (Å²) in [6.07, 6.45) is 0. The van der Waals surface area contributed by atoms with Crippen molar-refractivity contribution >= 4 is 46.4 Å². The number of thioether (sulfide) groups is 1. The summed E-state index contributed by atoms with van der Waals surface area (Å²) in [5.41, 5.74) is 4.15. The van der Waals surface area contributed by atoms with Gasteiger partial charge in [0.05, 0.1) is 18.0 Å². The summed E-state index contributed by atoms with van der Waals surface area (Å²) < 4.78 is 0. The lowest BCUT2D eigenvalue weighted by Crippen LogP contribution is -2.29. The second-order valence-electron chi connectivity index (χ2n) is 5.03. The number of aliphatic hydroxyl groups is 1. The van der Waals surface area contributed by atoms with Crippen molar-refractivity contribution in [3.8, 4) is 0 Å². The van der Waals surface area contributed by atoms with Crippen LogP contribution in [0.15, 0.2) is 48.5 Å². The van der Waals surface area contributed by atoms with E-state index in [0.29, 0.717) is 15.8 Å². The Morgan fingerprint density at radius 1 is 0.826 bits per heavy atom. The van der Waals surface area contributed by atoms with Crippen molar-refractivity contribution in [2.75, 3.05) is 12.4 Å². The number of benzene rings is 2. The van der Waals surface area contributed by atoms with E-state index in [1.807, 2.05) is 48.5 Å². The lowest BCUT2D eigenvalue weighted by Gasteiger charge is -2.13. The smallest absolute Gasteiger partial charge is 0.146 e. The zero-order valence-corrected chi connectivity index (χ0v) is 14.6. The van der Waals surface area contributed by atoms with Gasteiger partial charge in [0.25, 0.3) is 0 Å². The molecule has 1 aliphatic heterocycles. The normalized spacial score (nSPS) is 14.7. The topological polar surface area (TPSA) is 44.3 Å². The van der Waals surface area contributed by atoms with Gasteiger partial charge in [-0.1, -0.05) is 47.5 Å². The molecule has 0 radical (unpaired) electrons. The van der Waals surface area contributed by atoms with Gasteiger partial charge in [-0.3, -0.25) is 0 Å². The molecule has 6 heteroatoms. The Hall–Kier alpha value is -1.33.